The zero-order chi connectivity index (χ0) is 12.8. The molecule has 3 nitrogen and oxygen atoms in total. The van der Waals surface area contributed by atoms with Gasteiger partial charge in [0.25, 0.3) is 0 Å². The van der Waals surface area contributed by atoms with E-state index in [1.165, 1.54) is 19.3 Å². The molecule has 2 fully saturated rings. The highest BCUT2D eigenvalue weighted by molar-refractivity contribution is 6.34. The molecule has 1 aromatic carbocycles. The number of anilines is 1. The van der Waals surface area contributed by atoms with Crippen LogP contribution in [0.4, 0.5) is 5.82 Å². The third-order valence-corrected chi connectivity index (χ3v) is 4.93. The van der Waals surface area contributed by atoms with Gasteiger partial charge >= 0.3 is 0 Å². The molecule has 1 aromatic heterocycles. The molecule has 19 heavy (non-hydrogen) atoms. The first-order valence-corrected chi connectivity index (χ1v) is 7.36. The lowest BCUT2D eigenvalue weighted by Crippen LogP contribution is -2.22. The van der Waals surface area contributed by atoms with Crippen LogP contribution in [0.3, 0.4) is 0 Å². The van der Waals surface area contributed by atoms with Gasteiger partial charge in [-0.05, 0) is 24.7 Å². The lowest BCUT2D eigenvalue weighted by atomic mass is 10.0. The number of halogens is 1. The van der Waals surface area contributed by atoms with Crippen molar-refractivity contribution >= 4 is 28.2 Å². The average molecular weight is 274 g/mol. The van der Waals surface area contributed by atoms with Crippen molar-refractivity contribution in [3.05, 3.63) is 29.4 Å². The summed E-state index contributed by atoms with van der Waals surface area (Å²) in [6.07, 6.45) is 4.15. The molecule has 2 aromatic rings. The Labute approximate surface area is 117 Å². The van der Waals surface area contributed by atoms with Crippen LogP contribution in [0.2, 0.25) is 5.15 Å². The van der Waals surface area contributed by atoms with E-state index in [1.807, 2.05) is 18.2 Å². The van der Waals surface area contributed by atoms with E-state index in [2.05, 4.69) is 21.2 Å². The second kappa shape index (κ2) is 4.34. The van der Waals surface area contributed by atoms with Crippen LogP contribution in [0.1, 0.15) is 19.3 Å². The van der Waals surface area contributed by atoms with Crippen LogP contribution < -0.4 is 4.90 Å². The van der Waals surface area contributed by atoms with Crippen LogP contribution in [0.25, 0.3) is 10.8 Å². The Balaban J connectivity index is 1.78. The van der Waals surface area contributed by atoms with Crippen LogP contribution in [-0.2, 0) is 0 Å². The average Bonchev–Trinajstić information content (AvgIpc) is 3.00. The topological polar surface area (TPSA) is 29.0 Å². The molecule has 1 aliphatic heterocycles. The molecule has 2 aliphatic rings. The molecule has 2 atom stereocenters. The maximum atomic E-state index is 6.14. The number of rotatable bonds is 1. The van der Waals surface area contributed by atoms with Gasteiger partial charge in [0.2, 0.25) is 0 Å². The fourth-order valence-electron chi connectivity index (χ4n) is 3.70. The molecule has 1 aliphatic carbocycles. The molecule has 4 heteroatoms. The Hall–Kier alpha value is -1.35. The molecule has 1 saturated heterocycles. The molecule has 0 spiro atoms. The van der Waals surface area contributed by atoms with Gasteiger partial charge in [-0.25, -0.2) is 0 Å². The summed E-state index contributed by atoms with van der Waals surface area (Å²) < 4.78 is 0. The van der Waals surface area contributed by atoms with Crippen molar-refractivity contribution in [1.29, 1.82) is 0 Å². The number of fused-ring (bicyclic) bond motifs is 2. The van der Waals surface area contributed by atoms with Gasteiger partial charge in [-0.15, -0.1) is 10.2 Å². The molecular weight excluding hydrogens is 258 g/mol. The predicted octanol–water partition coefficient (Wildman–Crippen LogP) is 3.52. The molecule has 0 radical (unpaired) electrons. The predicted molar refractivity (Wildman–Crippen MR) is 77.6 cm³/mol. The minimum Gasteiger partial charge on any atom is -0.354 e. The monoisotopic (exact) mass is 273 g/mol. The van der Waals surface area contributed by atoms with Crippen molar-refractivity contribution in [3.63, 3.8) is 0 Å². The van der Waals surface area contributed by atoms with E-state index >= 15 is 0 Å². The van der Waals surface area contributed by atoms with Gasteiger partial charge in [-0.1, -0.05) is 42.3 Å². The Morgan fingerprint density at radius 3 is 2.42 bits per heavy atom. The van der Waals surface area contributed by atoms with Crippen LogP contribution in [0, 0.1) is 11.8 Å². The molecule has 2 unspecified atom stereocenters. The number of hydrogen-bond donors (Lipinski definition) is 0. The van der Waals surface area contributed by atoms with E-state index in [9.17, 15) is 0 Å². The smallest absolute Gasteiger partial charge is 0.159 e. The summed E-state index contributed by atoms with van der Waals surface area (Å²) in [5, 5.41) is 11.1. The van der Waals surface area contributed by atoms with Gasteiger partial charge in [-0.2, -0.15) is 0 Å². The van der Waals surface area contributed by atoms with Crippen molar-refractivity contribution in [2.24, 2.45) is 11.8 Å². The molecule has 98 valence electrons. The second-order valence-electron chi connectivity index (χ2n) is 5.72. The normalized spacial score (nSPS) is 26.1. The van der Waals surface area contributed by atoms with Crippen molar-refractivity contribution in [1.82, 2.24) is 10.2 Å². The zero-order valence-corrected chi connectivity index (χ0v) is 11.5. The Kier molecular flexibility index (Phi) is 2.62. The maximum absolute atomic E-state index is 6.14. The van der Waals surface area contributed by atoms with Crippen LogP contribution in [0.5, 0.6) is 0 Å². The van der Waals surface area contributed by atoms with E-state index in [1.54, 1.807) is 0 Å². The van der Waals surface area contributed by atoms with Crippen molar-refractivity contribution in [2.45, 2.75) is 19.3 Å². The lowest BCUT2D eigenvalue weighted by Gasteiger charge is -2.19. The molecule has 1 saturated carbocycles. The Bertz CT molecular complexity index is 616. The summed E-state index contributed by atoms with van der Waals surface area (Å²) >= 11 is 6.14. The number of benzene rings is 1. The van der Waals surface area contributed by atoms with Crippen molar-refractivity contribution in [2.75, 3.05) is 18.0 Å². The van der Waals surface area contributed by atoms with Gasteiger partial charge in [-0.3, -0.25) is 0 Å². The SMILES string of the molecule is Clc1nnc(N2CC3CCCC3C2)c2ccccc12. The second-order valence-corrected chi connectivity index (χ2v) is 6.07. The fourth-order valence-corrected chi connectivity index (χ4v) is 3.90. The van der Waals surface area contributed by atoms with Gasteiger partial charge in [0, 0.05) is 23.9 Å². The molecule has 0 N–H and O–H groups in total. The van der Waals surface area contributed by atoms with Gasteiger partial charge < -0.3 is 4.90 Å². The van der Waals surface area contributed by atoms with Crippen molar-refractivity contribution < 1.29 is 0 Å². The van der Waals surface area contributed by atoms with E-state index in [4.69, 9.17) is 11.6 Å². The summed E-state index contributed by atoms with van der Waals surface area (Å²) in [6.45, 7) is 2.26. The summed E-state index contributed by atoms with van der Waals surface area (Å²) in [5.41, 5.74) is 0. The minimum absolute atomic E-state index is 0.499. The summed E-state index contributed by atoms with van der Waals surface area (Å²) in [4.78, 5) is 2.40. The Morgan fingerprint density at radius 2 is 1.68 bits per heavy atom. The summed E-state index contributed by atoms with van der Waals surface area (Å²) in [5.74, 6) is 2.72. The molecule has 0 amide bonds. The first-order chi connectivity index (χ1) is 9.33. The largest absolute Gasteiger partial charge is 0.354 e. The van der Waals surface area contributed by atoms with Crippen LogP contribution >= 0.6 is 11.6 Å². The third-order valence-electron chi connectivity index (χ3n) is 4.65. The van der Waals surface area contributed by atoms with Gasteiger partial charge in [0.15, 0.2) is 11.0 Å². The van der Waals surface area contributed by atoms with E-state index in [0.29, 0.717) is 5.15 Å². The van der Waals surface area contributed by atoms with Crippen LogP contribution in [-0.4, -0.2) is 23.3 Å². The fraction of sp³-hybridized carbons (Fsp3) is 0.467. The molecule has 2 heterocycles. The highest BCUT2D eigenvalue weighted by Gasteiger charge is 2.37. The van der Waals surface area contributed by atoms with Crippen LogP contribution in [0.15, 0.2) is 24.3 Å². The third kappa shape index (κ3) is 1.79. The molecule has 4 rings (SSSR count). The first kappa shape index (κ1) is 11.5. The minimum atomic E-state index is 0.499. The van der Waals surface area contributed by atoms with E-state index < -0.39 is 0 Å². The number of nitrogens with zero attached hydrogens (tertiary/aromatic N) is 3. The quantitative estimate of drug-likeness (QED) is 0.796. The summed E-state index contributed by atoms with van der Waals surface area (Å²) in [6, 6.07) is 8.16. The van der Waals surface area contributed by atoms with Gasteiger partial charge in [0.05, 0.1) is 0 Å². The maximum Gasteiger partial charge on any atom is 0.159 e. The highest BCUT2D eigenvalue weighted by atomic mass is 35.5. The number of hydrogen-bond acceptors (Lipinski definition) is 3. The number of aromatic nitrogens is 2. The Morgan fingerprint density at radius 1 is 1.00 bits per heavy atom. The highest BCUT2D eigenvalue weighted by Crippen LogP contribution is 2.40. The molecular formula is C15H16ClN3. The first-order valence-electron chi connectivity index (χ1n) is 6.99. The zero-order valence-electron chi connectivity index (χ0n) is 10.7. The lowest BCUT2D eigenvalue weighted by molar-refractivity contribution is 0.494. The van der Waals surface area contributed by atoms with Gasteiger partial charge in [0.1, 0.15) is 0 Å². The summed E-state index contributed by atoms with van der Waals surface area (Å²) in [7, 11) is 0. The molecule has 0 bridgehead atoms. The van der Waals surface area contributed by atoms with E-state index in [-0.39, 0.29) is 0 Å². The standard InChI is InChI=1S/C15H16ClN3/c16-14-12-6-1-2-7-13(12)15(18-17-14)19-8-10-4-3-5-11(10)9-19/h1-2,6-7,10-11H,3-5,8-9H2. The van der Waals surface area contributed by atoms with E-state index in [0.717, 1.165) is 41.5 Å². The van der Waals surface area contributed by atoms with Crippen molar-refractivity contribution in [3.8, 4) is 0 Å².